The van der Waals surface area contributed by atoms with Crippen LogP contribution in [0.3, 0.4) is 0 Å². The summed E-state index contributed by atoms with van der Waals surface area (Å²) in [5.74, 6) is -0.877. The lowest BCUT2D eigenvalue weighted by atomic mass is 9.99. The molecule has 2 nitrogen and oxygen atoms in total. The van der Waals surface area contributed by atoms with Gasteiger partial charge in [0.25, 0.3) is 0 Å². The van der Waals surface area contributed by atoms with Gasteiger partial charge in [0.2, 0.25) is 5.82 Å². The minimum atomic E-state index is -0.902. The Bertz CT molecular complexity index is 575. The predicted molar refractivity (Wildman–Crippen MR) is 72.2 cm³/mol. The zero-order chi connectivity index (χ0) is 14.0. The van der Waals surface area contributed by atoms with Crippen molar-refractivity contribution in [3.63, 3.8) is 0 Å². The smallest absolute Gasteiger partial charge is 0.201 e. The molecule has 0 radical (unpaired) electrons. The lowest BCUT2D eigenvalue weighted by molar-refractivity contribution is 0.465. The lowest BCUT2D eigenvalue weighted by Crippen LogP contribution is -2.14. The Morgan fingerprint density at radius 3 is 2.63 bits per heavy atom. The first kappa shape index (κ1) is 14.0. The first-order valence-electron chi connectivity index (χ1n) is 6.66. The Balaban J connectivity index is 2.50. The summed E-state index contributed by atoms with van der Waals surface area (Å²) in [6, 6.07) is 2.75. The fourth-order valence-electron chi connectivity index (χ4n) is 2.32. The molecule has 0 atom stereocenters. The maximum absolute atomic E-state index is 13.8. The van der Waals surface area contributed by atoms with E-state index in [1.54, 1.807) is 6.07 Å². The quantitative estimate of drug-likeness (QED) is 0.815. The first-order valence-corrected chi connectivity index (χ1v) is 6.66. The number of benzene rings is 1. The van der Waals surface area contributed by atoms with E-state index in [1.807, 2.05) is 13.8 Å². The van der Waals surface area contributed by atoms with Gasteiger partial charge in [-0.15, -0.1) is 0 Å². The van der Waals surface area contributed by atoms with E-state index in [9.17, 15) is 8.78 Å². The molecule has 0 aliphatic rings. The molecule has 0 amide bonds. The van der Waals surface area contributed by atoms with E-state index in [4.69, 9.17) is 4.42 Å². The summed E-state index contributed by atoms with van der Waals surface area (Å²) < 4.78 is 32.5. The highest BCUT2D eigenvalue weighted by molar-refractivity contribution is 5.83. The van der Waals surface area contributed by atoms with Gasteiger partial charge >= 0.3 is 0 Å². The number of halogens is 2. The van der Waals surface area contributed by atoms with Gasteiger partial charge in [0.15, 0.2) is 11.4 Å². The van der Waals surface area contributed by atoms with Gasteiger partial charge in [-0.05, 0) is 31.0 Å². The second-order valence-corrected chi connectivity index (χ2v) is 5.01. The van der Waals surface area contributed by atoms with E-state index in [1.165, 1.54) is 0 Å². The van der Waals surface area contributed by atoms with Crippen LogP contribution in [0.5, 0.6) is 0 Å². The fraction of sp³-hybridized carbons (Fsp3) is 0.467. The average molecular weight is 267 g/mol. The van der Waals surface area contributed by atoms with Gasteiger partial charge in [-0.25, -0.2) is 4.39 Å². The number of nitrogens with one attached hydrogen (secondary N) is 1. The van der Waals surface area contributed by atoms with E-state index >= 15 is 0 Å². The van der Waals surface area contributed by atoms with Crippen molar-refractivity contribution in [3.8, 4) is 0 Å². The molecule has 0 spiro atoms. The maximum Gasteiger partial charge on any atom is 0.201 e. The minimum absolute atomic E-state index is 0.0250. The Morgan fingerprint density at radius 2 is 2.00 bits per heavy atom. The molecule has 1 aromatic carbocycles. The van der Waals surface area contributed by atoms with Gasteiger partial charge in [0.1, 0.15) is 5.76 Å². The molecule has 4 heteroatoms. The number of rotatable bonds is 5. The second kappa shape index (κ2) is 5.70. The Kier molecular flexibility index (Phi) is 4.20. The minimum Gasteiger partial charge on any atom is -0.456 e. The van der Waals surface area contributed by atoms with Crippen molar-refractivity contribution in [2.24, 2.45) is 0 Å². The molecule has 0 aliphatic heterocycles. The van der Waals surface area contributed by atoms with E-state index < -0.39 is 11.6 Å². The summed E-state index contributed by atoms with van der Waals surface area (Å²) in [5, 5.41) is 3.90. The van der Waals surface area contributed by atoms with Gasteiger partial charge in [-0.1, -0.05) is 20.8 Å². The zero-order valence-corrected chi connectivity index (χ0v) is 11.5. The number of hydrogen-bond acceptors (Lipinski definition) is 2. The molecule has 19 heavy (non-hydrogen) atoms. The molecule has 0 bridgehead atoms. The van der Waals surface area contributed by atoms with Crippen molar-refractivity contribution < 1.29 is 13.2 Å². The van der Waals surface area contributed by atoms with Crippen molar-refractivity contribution in [1.82, 2.24) is 5.32 Å². The van der Waals surface area contributed by atoms with Crippen LogP contribution in [0, 0.1) is 11.6 Å². The zero-order valence-electron chi connectivity index (χ0n) is 11.5. The normalized spacial score (nSPS) is 11.7. The molecule has 1 N–H and O–H groups in total. The van der Waals surface area contributed by atoms with Crippen LogP contribution in [-0.2, 0) is 6.54 Å². The van der Waals surface area contributed by atoms with Crippen LogP contribution in [0.1, 0.15) is 44.4 Å². The van der Waals surface area contributed by atoms with Crippen LogP contribution in [0.15, 0.2) is 16.5 Å². The number of hydrogen-bond donors (Lipinski definition) is 1. The maximum atomic E-state index is 13.8. The van der Waals surface area contributed by atoms with Crippen LogP contribution in [0.2, 0.25) is 0 Å². The van der Waals surface area contributed by atoms with E-state index in [2.05, 4.69) is 12.2 Å². The molecular weight excluding hydrogens is 248 g/mol. The van der Waals surface area contributed by atoms with Crippen LogP contribution < -0.4 is 5.32 Å². The van der Waals surface area contributed by atoms with Crippen LogP contribution in [0.25, 0.3) is 11.0 Å². The summed E-state index contributed by atoms with van der Waals surface area (Å²) in [6.07, 6.45) is 1.01. The molecule has 0 saturated heterocycles. The van der Waals surface area contributed by atoms with Crippen molar-refractivity contribution in [2.45, 2.75) is 39.7 Å². The van der Waals surface area contributed by atoms with Crippen LogP contribution in [-0.4, -0.2) is 6.54 Å². The molecule has 0 fully saturated rings. The Labute approximate surface area is 111 Å². The van der Waals surface area contributed by atoms with Crippen molar-refractivity contribution >= 4 is 11.0 Å². The Hall–Kier alpha value is -1.42. The highest BCUT2D eigenvalue weighted by Gasteiger charge is 2.20. The lowest BCUT2D eigenvalue weighted by Gasteiger charge is -2.07. The molecule has 1 aromatic heterocycles. The average Bonchev–Trinajstić information content (AvgIpc) is 2.73. The van der Waals surface area contributed by atoms with Gasteiger partial charge in [0, 0.05) is 10.9 Å². The van der Waals surface area contributed by atoms with Gasteiger partial charge in [0.05, 0.1) is 6.54 Å². The second-order valence-electron chi connectivity index (χ2n) is 5.01. The third kappa shape index (κ3) is 2.63. The van der Waals surface area contributed by atoms with Crippen molar-refractivity contribution in [1.29, 1.82) is 0 Å². The highest BCUT2D eigenvalue weighted by atomic mass is 19.2. The van der Waals surface area contributed by atoms with E-state index in [-0.39, 0.29) is 11.5 Å². The Morgan fingerprint density at radius 1 is 1.26 bits per heavy atom. The summed E-state index contributed by atoms with van der Waals surface area (Å²) in [7, 11) is 0. The monoisotopic (exact) mass is 267 g/mol. The summed E-state index contributed by atoms with van der Waals surface area (Å²) in [6.45, 7) is 7.52. The highest BCUT2D eigenvalue weighted by Crippen LogP contribution is 2.33. The van der Waals surface area contributed by atoms with E-state index in [0.29, 0.717) is 17.7 Å². The number of furan rings is 1. The molecule has 1 heterocycles. The largest absolute Gasteiger partial charge is 0.456 e. The summed E-state index contributed by atoms with van der Waals surface area (Å²) in [4.78, 5) is 0. The van der Waals surface area contributed by atoms with Crippen LogP contribution >= 0.6 is 0 Å². The molecule has 104 valence electrons. The topological polar surface area (TPSA) is 25.2 Å². The first-order chi connectivity index (χ1) is 9.06. The fourth-order valence-corrected chi connectivity index (χ4v) is 2.32. The third-order valence-corrected chi connectivity index (χ3v) is 3.16. The van der Waals surface area contributed by atoms with E-state index in [0.717, 1.165) is 24.6 Å². The summed E-state index contributed by atoms with van der Waals surface area (Å²) >= 11 is 0. The molecule has 0 unspecified atom stereocenters. The van der Waals surface area contributed by atoms with Gasteiger partial charge in [-0.3, -0.25) is 0 Å². The standard InChI is InChI=1S/C15H19F2NO/c1-4-7-18-8-12-13(9(2)3)10-5-6-11(16)14(17)15(10)19-12/h5-6,9,18H,4,7-8H2,1-3H3. The van der Waals surface area contributed by atoms with Crippen molar-refractivity contribution in [2.75, 3.05) is 6.54 Å². The van der Waals surface area contributed by atoms with Crippen LogP contribution in [0.4, 0.5) is 8.78 Å². The molecule has 2 aromatic rings. The number of fused-ring (bicyclic) bond motifs is 1. The molecule has 2 rings (SSSR count). The molecular formula is C15H19F2NO. The van der Waals surface area contributed by atoms with Crippen molar-refractivity contribution in [3.05, 3.63) is 35.1 Å². The SMILES string of the molecule is CCCNCc1oc2c(F)c(F)ccc2c1C(C)C. The molecule has 0 saturated carbocycles. The van der Waals surface area contributed by atoms with Gasteiger partial charge in [-0.2, -0.15) is 4.39 Å². The third-order valence-electron chi connectivity index (χ3n) is 3.16. The van der Waals surface area contributed by atoms with Gasteiger partial charge < -0.3 is 9.73 Å². The molecule has 0 aliphatic carbocycles. The predicted octanol–water partition coefficient (Wildman–Crippen LogP) is 4.33. The summed E-state index contributed by atoms with van der Waals surface area (Å²) in [5.41, 5.74) is 0.981.